The first kappa shape index (κ1) is 16.2. The van der Waals surface area contributed by atoms with Gasteiger partial charge in [-0.2, -0.15) is 0 Å². The van der Waals surface area contributed by atoms with Crippen LogP contribution in [0.1, 0.15) is 46.6 Å². The van der Waals surface area contributed by atoms with Crippen molar-refractivity contribution < 1.29 is 9.90 Å². The molecule has 0 atom stereocenters. The second-order valence-corrected chi connectivity index (χ2v) is 8.00. The van der Waals surface area contributed by atoms with Crippen molar-refractivity contribution in [1.29, 1.82) is 0 Å². The smallest absolute Gasteiger partial charge is 0.337 e. The Labute approximate surface area is 140 Å². The summed E-state index contributed by atoms with van der Waals surface area (Å²) in [5.41, 5.74) is 6.35. The Morgan fingerprint density at radius 3 is 2.83 bits per heavy atom. The molecule has 0 bridgehead atoms. The summed E-state index contributed by atoms with van der Waals surface area (Å²) < 4.78 is 0. The van der Waals surface area contributed by atoms with Gasteiger partial charge in [0.15, 0.2) is 0 Å². The third-order valence-electron chi connectivity index (χ3n) is 4.54. The molecule has 0 amide bonds. The Balaban J connectivity index is 2.18. The number of nitrogens with two attached hydrogens (primary N) is 1. The van der Waals surface area contributed by atoms with E-state index in [2.05, 4.69) is 19.3 Å². The summed E-state index contributed by atoms with van der Waals surface area (Å²) in [5, 5.41) is 9.83. The average molecular weight is 330 g/mol. The van der Waals surface area contributed by atoms with E-state index in [1.807, 2.05) is 24.3 Å². The molecular formula is C18H22N2O2S. The maximum Gasteiger partial charge on any atom is 0.337 e. The van der Waals surface area contributed by atoms with Crippen LogP contribution in [0.2, 0.25) is 0 Å². The van der Waals surface area contributed by atoms with Gasteiger partial charge in [-0.05, 0) is 41.4 Å². The number of fused-ring (bicyclic) bond motifs is 1. The number of carbonyl (C=O) groups is 1. The highest BCUT2D eigenvalue weighted by atomic mass is 32.1. The Morgan fingerprint density at radius 1 is 1.39 bits per heavy atom. The topological polar surface area (TPSA) is 75.3 Å². The third kappa shape index (κ3) is 3.04. The Morgan fingerprint density at radius 2 is 2.13 bits per heavy atom. The van der Waals surface area contributed by atoms with Crippen LogP contribution in [0.4, 0.5) is 0 Å². The van der Waals surface area contributed by atoms with Gasteiger partial charge < -0.3 is 5.11 Å². The van der Waals surface area contributed by atoms with Crippen LogP contribution in [0.25, 0.3) is 10.4 Å². The average Bonchev–Trinajstić information content (AvgIpc) is 2.85. The van der Waals surface area contributed by atoms with Gasteiger partial charge >= 0.3 is 5.97 Å². The molecule has 0 saturated carbocycles. The van der Waals surface area contributed by atoms with E-state index < -0.39 is 5.97 Å². The number of nitrogens with one attached hydrogen (secondary N) is 1. The van der Waals surface area contributed by atoms with Crippen molar-refractivity contribution in [1.82, 2.24) is 5.43 Å². The van der Waals surface area contributed by atoms with E-state index in [1.165, 1.54) is 4.88 Å². The van der Waals surface area contributed by atoms with Crippen LogP contribution in [-0.4, -0.2) is 11.1 Å². The number of benzene rings is 1. The van der Waals surface area contributed by atoms with Crippen molar-refractivity contribution in [2.75, 3.05) is 0 Å². The zero-order chi connectivity index (χ0) is 16.6. The van der Waals surface area contributed by atoms with E-state index in [1.54, 1.807) is 11.3 Å². The monoisotopic (exact) mass is 330 g/mol. The van der Waals surface area contributed by atoms with Gasteiger partial charge in [0.2, 0.25) is 0 Å². The molecule has 0 aliphatic heterocycles. The van der Waals surface area contributed by atoms with Gasteiger partial charge in [0, 0.05) is 16.3 Å². The van der Waals surface area contributed by atoms with Crippen LogP contribution in [0.15, 0.2) is 24.3 Å². The summed E-state index contributed by atoms with van der Waals surface area (Å²) >= 11 is 1.63. The van der Waals surface area contributed by atoms with Crippen molar-refractivity contribution in [2.24, 2.45) is 11.3 Å². The standard InChI is InChI=1S/C18H22N2O2S/c1-18(2)8-7-14-13(9-18)15(17(21)22)16(23-14)12-6-4-3-5-11(12)10-20-19/h3-6,20H,7-10,19H2,1-2H3,(H,21,22). The van der Waals surface area contributed by atoms with Crippen LogP contribution >= 0.6 is 11.3 Å². The summed E-state index contributed by atoms with van der Waals surface area (Å²) in [6.07, 6.45) is 2.90. The zero-order valence-corrected chi connectivity index (χ0v) is 14.3. The molecule has 5 heteroatoms. The maximum atomic E-state index is 12.0. The van der Waals surface area contributed by atoms with Crippen LogP contribution in [-0.2, 0) is 19.4 Å². The second kappa shape index (κ2) is 6.07. The molecule has 1 aliphatic carbocycles. The quantitative estimate of drug-likeness (QED) is 0.591. The van der Waals surface area contributed by atoms with Crippen molar-refractivity contribution >= 4 is 17.3 Å². The molecule has 1 aromatic carbocycles. The highest BCUT2D eigenvalue weighted by molar-refractivity contribution is 7.16. The fraction of sp³-hybridized carbons (Fsp3) is 0.389. The highest BCUT2D eigenvalue weighted by Crippen LogP contribution is 2.45. The molecule has 122 valence electrons. The number of aromatic carboxylic acids is 1. The van der Waals surface area contributed by atoms with Crippen molar-refractivity contribution in [3.05, 3.63) is 45.8 Å². The molecule has 0 unspecified atom stereocenters. The summed E-state index contributed by atoms with van der Waals surface area (Å²) in [6.45, 7) is 4.94. The van der Waals surface area contributed by atoms with Crippen molar-refractivity contribution in [3.8, 4) is 10.4 Å². The van der Waals surface area contributed by atoms with Crippen LogP contribution in [0.3, 0.4) is 0 Å². The lowest BCUT2D eigenvalue weighted by Gasteiger charge is -2.29. The summed E-state index contributed by atoms with van der Waals surface area (Å²) in [4.78, 5) is 14.1. The van der Waals surface area contributed by atoms with E-state index in [9.17, 15) is 9.90 Å². The van der Waals surface area contributed by atoms with E-state index in [-0.39, 0.29) is 5.41 Å². The first-order valence-corrected chi connectivity index (χ1v) is 8.64. The van der Waals surface area contributed by atoms with Gasteiger partial charge in [-0.25, -0.2) is 4.79 Å². The SMILES string of the molecule is CC1(C)CCc2sc(-c3ccccc3CNN)c(C(=O)O)c2C1. The lowest BCUT2D eigenvalue weighted by Crippen LogP contribution is -2.22. The minimum Gasteiger partial charge on any atom is -0.478 e. The Bertz CT molecular complexity index is 749. The normalized spacial score (nSPS) is 16.1. The molecule has 0 spiro atoms. The molecular weight excluding hydrogens is 308 g/mol. The van der Waals surface area contributed by atoms with Crippen LogP contribution in [0, 0.1) is 5.41 Å². The summed E-state index contributed by atoms with van der Waals surface area (Å²) in [6, 6.07) is 7.88. The molecule has 3 rings (SSSR count). The van der Waals surface area contributed by atoms with Gasteiger partial charge in [0.25, 0.3) is 0 Å². The van der Waals surface area contributed by atoms with E-state index >= 15 is 0 Å². The highest BCUT2D eigenvalue weighted by Gasteiger charge is 2.33. The molecule has 1 heterocycles. The van der Waals surface area contributed by atoms with Crippen LogP contribution in [0.5, 0.6) is 0 Å². The lowest BCUT2D eigenvalue weighted by atomic mass is 9.76. The number of aryl methyl sites for hydroxylation is 1. The summed E-state index contributed by atoms with van der Waals surface area (Å²) in [5.74, 6) is 4.65. The largest absolute Gasteiger partial charge is 0.478 e. The Hall–Kier alpha value is -1.69. The van der Waals surface area contributed by atoms with Gasteiger partial charge in [0.1, 0.15) is 0 Å². The third-order valence-corrected chi connectivity index (χ3v) is 5.87. The first-order chi connectivity index (χ1) is 10.9. The second-order valence-electron chi connectivity index (χ2n) is 6.89. The minimum absolute atomic E-state index is 0.161. The predicted molar refractivity (Wildman–Crippen MR) is 93.5 cm³/mol. The van der Waals surface area contributed by atoms with Gasteiger partial charge in [0.05, 0.1) is 5.56 Å². The number of hydrogen-bond acceptors (Lipinski definition) is 4. The van der Waals surface area contributed by atoms with Crippen molar-refractivity contribution in [2.45, 2.75) is 39.7 Å². The number of hydrogen-bond donors (Lipinski definition) is 3. The molecule has 1 aromatic heterocycles. The Kier molecular flexibility index (Phi) is 4.27. The van der Waals surface area contributed by atoms with E-state index in [4.69, 9.17) is 5.84 Å². The van der Waals surface area contributed by atoms with Gasteiger partial charge in [-0.3, -0.25) is 11.3 Å². The molecule has 23 heavy (non-hydrogen) atoms. The number of thiophene rings is 1. The molecule has 0 fully saturated rings. The lowest BCUT2D eigenvalue weighted by molar-refractivity contribution is 0.0696. The number of rotatable bonds is 4. The molecule has 2 aromatic rings. The summed E-state index contributed by atoms with van der Waals surface area (Å²) in [7, 11) is 0. The first-order valence-electron chi connectivity index (χ1n) is 7.82. The van der Waals surface area contributed by atoms with E-state index in [0.29, 0.717) is 12.1 Å². The maximum absolute atomic E-state index is 12.0. The number of carboxylic acids is 1. The molecule has 4 nitrogen and oxygen atoms in total. The van der Waals surface area contributed by atoms with Crippen molar-refractivity contribution in [3.63, 3.8) is 0 Å². The van der Waals surface area contributed by atoms with E-state index in [0.717, 1.165) is 40.8 Å². The zero-order valence-electron chi connectivity index (χ0n) is 13.5. The van der Waals surface area contributed by atoms with Gasteiger partial charge in [-0.1, -0.05) is 38.1 Å². The van der Waals surface area contributed by atoms with Crippen LogP contribution < -0.4 is 11.3 Å². The fourth-order valence-electron chi connectivity index (χ4n) is 3.34. The number of hydrazine groups is 1. The van der Waals surface area contributed by atoms with Gasteiger partial charge in [-0.15, -0.1) is 11.3 Å². The molecule has 0 radical (unpaired) electrons. The predicted octanol–water partition coefficient (Wildman–Crippen LogP) is 3.59. The molecule has 1 aliphatic rings. The molecule has 4 N–H and O–H groups in total. The minimum atomic E-state index is -0.828. The number of carboxylic acid groups (broad SMARTS) is 1. The molecule has 0 saturated heterocycles. The fourth-order valence-corrected chi connectivity index (χ4v) is 4.71.